The Hall–Kier alpha value is -3.89. The summed E-state index contributed by atoms with van der Waals surface area (Å²) >= 11 is 0. The van der Waals surface area contributed by atoms with Crippen molar-refractivity contribution < 1.29 is 19.2 Å². The summed E-state index contributed by atoms with van der Waals surface area (Å²) in [6.45, 7) is 4.91. The standard InChI is InChI=1S/C27H31N5O6/c1-2-38-27(35)29-10-8-28(9-11-29)26(34)21-14-17-13-20(32(36)37)6-7-23(17)31-15-18-12-19(25(21)31)16-30-22(18)4-3-5-24(30)33/h3-7,13,18-19,21,25H,2,8-12,14-16H2,1H3/t18-,19-,21+,25-/m0/s1. The van der Waals surface area contributed by atoms with Crippen LogP contribution in [0.25, 0.3) is 0 Å². The molecule has 11 heteroatoms. The normalized spacial score (nSPS) is 25.7. The van der Waals surface area contributed by atoms with E-state index >= 15 is 0 Å². The molecule has 0 unspecified atom stereocenters. The molecule has 2 saturated heterocycles. The Morgan fingerprint density at radius 1 is 1.08 bits per heavy atom. The summed E-state index contributed by atoms with van der Waals surface area (Å²) in [5, 5.41) is 11.5. The van der Waals surface area contributed by atoms with E-state index in [9.17, 15) is 24.5 Å². The number of carbonyl (C=O) groups excluding carboxylic acids is 2. The van der Waals surface area contributed by atoms with Crippen molar-refractivity contribution in [3.63, 3.8) is 0 Å². The first-order valence-electron chi connectivity index (χ1n) is 13.3. The molecule has 0 saturated carbocycles. The van der Waals surface area contributed by atoms with Crippen molar-refractivity contribution in [2.75, 3.05) is 44.2 Å². The molecule has 2 bridgehead atoms. The number of nitro groups is 1. The van der Waals surface area contributed by atoms with E-state index in [-0.39, 0.29) is 41.1 Å². The van der Waals surface area contributed by atoms with Crippen LogP contribution in [0.1, 0.15) is 30.5 Å². The number of hydrogen-bond donors (Lipinski definition) is 0. The zero-order valence-corrected chi connectivity index (χ0v) is 21.3. The Bertz CT molecular complexity index is 1350. The molecule has 4 aliphatic rings. The fraction of sp³-hybridized carbons (Fsp3) is 0.519. The van der Waals surface area contributed by atoms with Gasteiger partial charge in [0.05, 0.1) is 17.4 Å². The number of nitrogens with zero attached hydrogens (tertiary/aromatic N) is 5. The number of benzene rings is 1. The maximum absolute atomic E-state index is 14.1. The summed E-state index contributed by atoms with van der Waals surface area (Å²) in [6, 6.07) is 10.2. The molecule has 4 atom stereocenters. The summed E-state index contributed by atoms with van der Waals surface area (Å²) < 4.78 is 6.97. The zero-order valence-electron chi connectivity index (χ0n) is 21.3. The highest BCUT2D eigenvalue weighted by Crippen LogP contribution is 2.48. The second-order valence-electron chi connectivity index (χ2n) is 10.6. The average Bonchev–Trinajstić information content (AvgIpc) is 2.92. The van der Waals surface area contributed by atoms with Crippen LogP contribution in [-0.4, -0.2) is 76.7 Å². The number of non-ortho nitro benzene ring substituents is 1. The summed E-state index contributed by atoms with van der Waals surface area (Å²) in [6.07, 6.45) is 0.939. The van der Waals surface area contributed by atoms with Crippen molar-refractivity contribution >= 4 is 23.4 Å². The van der Waals surface area contributed by atoms with Crippen molar-refractivity contribution in [2.24, 2.45) is 11.8 Å². The lowest BCUT2D eigenvalue weighted by atomic mass is 9.69. The van der Waals surface area contributed by atoms with Crippen molar-refractivity contribution in [2.45, 2.75) is 38.3 Å². The van der Waals surface area contributed by atoms with E-state index in [1.165, 1.54) is 6.07 Å². The SMILES string of the molecule is CCOC(=O)N1CCN(C(=O)[C@@H]2Cc3cc([N+](=O)[O-])ccc3N3C[C@@H]4C[C@@H](Cn5c4cccc5=O)[C@@H]23)CC1. The van der Waals surface area contributed by atoms with Gasteiger partial charge < -0.3 is 24.0 Å². The van der Waals surface area contributed by atoms with Gasteiger partial charge in [-0.25, -0.2) is 4.79 Å². The molecular weight excluding hydrogens is 490 g/mol. The molecule has 2 aromatic rings. The monoisotopic (exact) mass is 521 g/mol. The van der Waals surface area contributed by atoms with Gasteiger partial charge in [0.1, 0.15) is 0 Å². The molecule has 1 aromatic carbocycles. The van der Waals surface area contributed by atoms with E-state index in [1.54, 1.807) is 30.0 Å². The van der Waals surface area contributed by atoms with Gasteiger partial charge in [-0.05, 0) is 43.4 Å². The van der Waals surface area contributed by atoms with E-state index in [1.807, 2.05) is 21.6 Å². The number of hydrogen-bond acceptors (Lipinski definition) is 7. The van der Waals surface area contributed by atoms with Gasteiger partial charge in [0.15, 0.2) is 0 Å². The molecule has 200 valence electrons. The van der Waals surface area contributed by atoms with Crippen LogP contribution in [0.4, 0.5) is 16.2 Å². The minimum Gasteiger partial charge on any atom is -0.450 e. The highest BCUT2D eigenvalue weighted by molar-refractivity contribution is 5.83. The van der Waals surface area contributed by atoms with Gasteiger partial charge in [-0.3, -0.25) is 19.7 Å². The third-order valence-electron chi connectivity index (χ3n) is 8.64. The number of piperidine rings is 1. The fourth-order valence-electron chi connectivity index (χ4n) is 7.00. The maximum Gasteiger partial charge on any atom is 0.409 e. The van der Waals surface area contributed by atoms with Crippen LogP contribution in [0, 0.1) is 22.0 Å². The van der Waals surface area contributed by atoms with Crippen LogP contribution in [0.5, 0.6) is 0 Å². The molecular formula is C27H31N5O6. The second-order valence-corrected chi connectivity index (χ2v) is 10.6. The number of piperazine rings is 1. The molecule has 38 heavy (non-hydrogen) atoms. The molecule has 2 fully saturated rings. The van der Waals surface area contributed by atoms with Crippen LogP contribution in [0.3, 0.4) is 0 Å². The Labute approximate surface area is 219 Å². The minimum absolute atomic E-state index is 0.00493. The summed E-state index contributed by atoms with van der Waals surface area (Å²) in [7, 11) is 0. The molecule has 6 rings (SSSR count). The Morgan fingerprint density at radius 2 is 1.84 bits per heavy atom. The Kier molecular flexibility index (Phi) is 6.08. The van der Waals surface area contributed by atoms with E-state index in [4.69, 9.17) is 4.74 Å². The summed E-state index contributed by atoms with van der Waals surface area (Å²) in [5.74, 6) is -0.153. The topological polar surface area (TPSA) is 118 Å². The van der Waals surface area contributed by atoms with Gasteiger partial charge in [-0.15, -0.1) is 0 Å². The first-order valence-corrected chi connectivity index (χ1v) is 13.3. The van der Waals surface area contributed by atoms with Gasteiger partial charge in [-0.1, -0.05) is 6.07 Å². The average molecular weight is 522 g/mol. The minimum atomic E-state index is -0.398. The highest BCUT2D eigenvalue weighted by atomic mass is 16.6. The zero-order chi connectivity index (χ0) is 26.6. The van der Waals surface area contributed by atoms with Gasteiger partial charge >= 0.3 is 6.09 Å². The number of aromatic nitrogens is 1. The number of carbonyl (C=O) groups is 2. The first-order chi connectivity index (χ1) is 18.4. The van der Waals surface area contributed by atoms with Crippen LogP contribution in [0.15, 0.2) is 41.2 Å². The third kappa shape index (κ3) is 4.00. The molecule has 0 N–H and O–H groups in total. The third-order valence-corrected chi connectivity index (χ3v) is 8.64. The predicted molar refractivity (Wildman–Crippen MR) is 138 cm³/mol. The number of anilines is 1. The first kappa shape index (κ1) is 24.4. The second kappa shape index (κ2) is 9.45. The van der Waals surface area contributed by atoms with E-state index < -0.39 is 10.8 Å². The summed E-state index contributed by atoms with van der Waals surface area (Å²) in [5.41, 5.74) is 2.77. The predicted octanol–water partition coefficient (Wildman–Crippen LogP) is 2.22. The smallest absolute Gasteiger partial charge is 0.409 e. The molecule has 5 heterocycles. The molecule has 4 aliphatic heterocycles. The lowest BCUT2D eigenvalue weighted by Gasteiger charge is -2.54. The molecule has 0 spiro atoms. The number of ether oxygens (including phenoxy) is 1. The molecule has 2 amide bonds. The fourth-order valence-corrected chi connectivity index (χ4v) is 7.00. The number of amides is 2. The largest absolute Gasteiger partial charge is 0.450 e. The number of pyridine rings is 1. The molecule has 0 aliphatic carbocycles. The van der Waals surface area contributed by atoms with Crippen LogP contribution >= 0.6 is 0 Å². The van der Waals surface area contributed by atoms with Gasteiger partial charge in [-0.2, -0.15) is 0 Å². The number of fused-ring (bicyclic) bond motifs is 8. The quantitative estimate of drug-likeness (QED) is 0.449. The maximum atomic E-state index is 14.1. The van der Waals surface area contributed by atoms with Crippen LogP contribution < -0.4 is 10.5 Å². The van der Waals surface area contributed by atoms with Crippen molar-refractivity contribution in [1.29, 1.82) is 0 Å². The van der Waals surface area contributed by atoms with Crippen molar-refractivity contribution in [3.05, 3.63) is 68.1 Å². The molecule has 1 aromatic heterocycles. The van der Waals surface area contributed by atoms with E-state index in [0.717, 1.165) is 23.4 Å². The summed E-state index contributed by atoms with van der Waals surface area (Å²) in [4.78, 5) is 55.8. The van der Waals surface area contributed by atoms with Crippen molar-refractivity contribution in [3.8, 4) is 0 Å². The Balaban J connectivity index is 1.33. The van der Waals surface area contributed by atoms with E-state index in [0.29, 0.717) is 52.3 Å². The Morgan fingerprint density at radius 3 is 2.58 bits per heavy atom. The number of nitro benzene ring substituents is 1. The van der Waals surface area contributed by atoms with Gasteiger partial charge in [0.2, 0.25) is 5.91 Å². The lowest BCUT2D eigenvalue weighted by molar-refractivity contribution is -0.384. The van der Waals surface area contributed by atoms with E-state index in [2.05, 4.69) is 4.90 Å². The number of rotatable bonds is 3. The van der Waals surface area contributed by atoms with Gasteiger partial charge in [0.25, 0.3) is 11.2 Å². The molecule has 0 radical (unpaired) electrons. The van der Waals surface area contributed by atoms with Crippen molar-refractivity contribution in [1.82, 2.24) is 14.4 Å². The lowest BCUT2D eigenvalue weighted by Crippen LogP contribution is -2.62. The van der Waals surface area contributed by atoms with Crippen LogP contribution in [0.2, 0.25) is 0 Å². The van der Waals surface area contributed by atoms with Gasteiger partial charge in [0, 0.05) is 80.8 Å². The van der Waals surface area contributed by atoms with Crippen LogP contribution in [-0.2, 0) is 22.5 Å². The highest BCUT2D eigenvalue weighted by Gasteiger charge is 2.50. The molecule has 11 nitrogen and oxygen atoms in total.